The van der Waals surface area contributed by atoms with E-state index in [1.807, 2.05) is 45.2 Å². The summed E-state index contributed by atoms with van der Waals surface area (Å²) in [6, 6.07) is 24.5. The number of allylic oxidation sites excluding steroid dienone is 2. The normalized spacial score (nSPS) is 15.6. The van der Waals surface area contributed by atoms with Crippen molar-refractivity contribution in [2.24, 2.45) is 45.8 Å². The average Bonchev–Trinajstić information content (AvgIpc) is 3.55. The summed E-state index contributed by atoms with van der Waals surface area (Å²) >= 11 is 1.91. The number of hydrogen-bond donors (Lipinski definition) is 1. The molecule has 2 aromatic heterocycles. The number of carbonyl (C=O) groups is 1. The van der Waals surface area contributed by atoms with Crippen LogP contribution in [0.5, 0.6) is 0 Å². The third-order valence-corrected chi connectivity index (χ3v) is 16.0. The zero-order chi connectivity index (χ0) is 46.0. The Morgan fingerprint density at radius 1 is 0.694 bits per heavy atom. The maximum atomic E-state index is 11.7. The Hall–Kier alpha value is -2.85. The molecule has 3 unspecified atom stereocenters. The molecular formula is C57H82IrNO2S-. The van der Waals surface area contributed by atoms with Crippen molar-refractivity contribution in [1.82, 2.24) is 4.98 Å². The number of aliphatic hydroxyl groups is 1. The summed E-state index contributed by atoms with van der Waals surface area (Å²) in [4.78, 5) is 16.7. The van der Waals surface area contributed by atoms with Crippen molar-refractivity contribution in [3.05, 3.63) is 89.8 Å². The number of aliphatic hydroxyl groups excluding tert-OH is 1. The molecule has 1 N–H and O–H groups in total. The minimum Gasteiger partial charge on any atom is -0.512 e. The molecule has 5 rings (SSSR count). The van der Waals surface area contributed by atoms with Crippen molar-refractivity contribution < 1.29 is 30.0 Å². The third-order valence-electron chi connectivity index (χ3n) is 14.9. The Morgan fingerprint density at radius 2 is 1.21 bits per heavy atom. The minimum atomic E-state index is -0.0338. The van der Waals surface area contributed by atoms with E-state index in [1.54, 1.807) is 0 Å². The topological polar surface area (TPSA) is 50.2 Å². The van der Waals surface area contributed by atoms with Crippen LogP contribution in [-0.4, -0.2) is 15.9 Å². The summed E-state index contributed by atoms with van der Waals surface area (Å²) in [6.07, 6.45) is 6.90. The molecule has 343 valence electrons. The number of thiophene rings is 1. The third kappa shape index (κ3) is 11.1. The minimum absolute atomic E-state index is 0. The fourth-order valence-electron chi connectivity index (χ4n) is 9.95. The molecule has 0 spiro atoms. The number of fused-ring (bicyclic) bond motifs is 4. The van der Waals surface area contributed by atoms with E-state index < -0.39 is 0 Å². The van der Waals surface area contributed by atoms with Crippen molar-refractivity contribution in [3.8, 4) is 11.3 Å². The van der Waals surface area contributed by atoms with E-state index in [2.05, 4.69) is 165 Å². The van der Waals surface area contributed by atoms with Gasteiger partial charge in [0.25, 0.3) is 0 Å². The SMILES string of the molecule is CC(C(C)(C)C)C(c1ccc2c(c1)sc1c(-c3[c-]c4ccccc4c(C(C)(C)C)c3)nccc12)(C(C)C(C)(C)C)C(C)C(C)(C)C.CCC(CC)C(=O)/C=C(\O)C(CC)CC.[Ir]. The molecule has 0 saturated carbocycles. The van der Waals surface area contributed by atoms with Gasteiger partial charge >= 0.3 is 0 Å². The smallest absolute Gasteiger partial charge is 0.162 e. The predicted molar refractivity (Wildman–Crippen MR) is 269 cm³/mol. The Balaban J connectivity index is 0.000000548. The molecule has 3 atom stereocenters. The van der Waals surface area contributed by atoms with Crippen molar-refractivity contribution in [2.75, 3.05) is 0 Å². The van der Waals surface area contributed by atoms with Crippen LogP contribution in [0.1, 0.15) is 168 Å². The summed E-state index contributed by atoms with van der Waals surface area (Å²) in [5.41, 5.74) is 5.34. The second kappa shape index (κ2) is 20.5. The number of rotatable bonds is 12. The Bertz CT molecular complexity index is 2250. The van der Waals surface area contributed by atoms with Gasteiger partial charge in [0.05, 0.1) is 5.76 Å². The van der Waals surface area contributed by atoms with E-state index >= 15 is 0 Å². The van der Waals surface area contributed by atoms with Gasteiger partial charge in [0.1, 0.15) is 0 Å². The van der Waals surface area contributed by atoms with Gasteiger partial charge < -0.3 is 5.11 Å². The summed E-state index contributed by atoms with van der Waals surface area (Å²) in [7, 11) is 0. The zero-order valence-corrected chi connectivity index (χ0v) is 45.3. The number of benzene rings is 3. The van der Waals surface area contributed by atoms with Gasteiger partial charge in [-0.05, 0) is 93.6 Å². The Kier molecular flexibility index (Phi) is 17.7. The van der Waals surface area contributed by atoms with Crippen LogP contribution in [0.3, 0.4) is 0 Å². The maximum Gasteiger partial charge on any atom is 0.162 e. The van der Waals surface area contributed by atoms with E-state index in [-0.39, 0.29) is 70.6 Å². The standard InChI is InChI=1S/C44H58NS.C13H24O2.Ir/c1-27(40(4,5)6)44(28(2)41(7,8)9,29(3)42(10,11)12)32-20-21-34-35-22-23-45-38(39(35)46-37(34)26-32)31-24-30-18-16-17-19-33(30)36(25-31)43(13,14)15;1-5-10(6-2)12(14)9-13(15)11(7-3)8-4;/h16-23,25-29H,1-15H3;9-11,14H,5-8H2,1-4H3;/q-1;;/b;12-9-;. The quantitative estimate of drug-likeness (QED) is 0.0770. The number of hydrogen-bond acceptors (Lipinski definition) is 4. The number of carbonyl (C=O) groups excluding carboxylic acids is 1. The molecule has 0 aliphatic heterocycles. The first-order chi connectivity index (χ1) is 28.2. The van der Waals surface area contributed by atoms with Gasteiger partial charge in [-0.2, -0.15) is 0 Å². The molecule has 2 heterocycles. The number of nitrogens with zero attached hydrogens (tertiary/aromatic N) is 1. The molecule has 3 aromatic carbocycles. The van der Waals surface area contributed by atoms with Crippen LogP contribution < -0.4 is 0 Å². The van der Waals surface area contributed by atoms with Gasteiger partial charge in [-0.1, -0.05) is 173 Å². The summed E-state index contributed by atoms with van der Waals surface area (Å²) in [5.74, 6) is 1.91. The molecule has 0 aliphatic rings. The molecule has 1 radical (unpaired) electrons. The van der Waals surface area contributed by atoms with E-state index in [0.29, 0.717) is 17.8 Å². The average molecular weight is 1040 g/mol. The van der Waals surface area contributed by atoms with Crippen LogP contribution in [0.15, 0.2) is 72.6 Å². The number of ketones is 1. The summed E-state index contributed by atoms with van der Waals surface area (Å²) < 4.78 is 2.61. The number of aromatic nitrogens is 1. The molecule has 5 aromatic rings. The van der Waals surface area contributed by atoms with Crippen molar-refractivity contribution in [2.45, 2.75) is 168 Å². The van der Waals surface area contributed by atoms with Gasteiger partial charge in [-0.15, -0.1) is 40.5 Å². The second-order valence-electron chi connectivity index (χ2n) is 22.4. The van der Waals surface area contributed by atoms with Crippen LogP contribution >= 0.6 is 11.3 Å². The van der Waals surface area contributed by atoms with Crippen LogP contribution in [0.2, 0.25) is 0 Å². The van der Waals surface area contributed by atoms with Gasteiger partial charge in [0.15, 0.2) is 5.78 Å². The molecule has 5 heteroatoms. The number of pyridine rings is 1. The molecule has 0 saturated heterocycles. The second-order valence-corrected chi connectivity index (χ2v) is 23.5. The van der Waals surface area contributed by atoms with Crippen molar-refractivity contribution >= 4 is 48.1 Å². The molecule has 0 fully saturated rings. The van der Waals surface area contributed by atoms with E-state index in [0.717, 1.165) is 42.3 Å². The molecule has 0 bridgehead atoms. The van der Waals surface area contributed by atoms with E-state index in [9.17, 15) is 9.90 Å². The fraction of sp³-hybridized carbons (Fsp3) is 0.579. The summed E-state index contributed by atoms with van der Waals surface area (Å²) in [6.45, 7) is 44.6. The molecule has 3 nitrogen and oxygen atoms in total. The molecule has 62 heavy (non-hydrogen) atoms. The van der Waals surface area contributed by atoms with Crippen LogP contribution in [-0.2, 0) is 35.7 Å². The van der Waals surface area contributed by atoms with Gasteiger partial charge in [-0.3, -0.25) is 9.78 Å². The van der Waals surface area contributed by atoms with Crippen LogP contribution in [0.4, 0.5) is 0 Å². The predicted octanol–water partition coefficient (Wildman–Crippen LogP) is 17.5. The van der Waals surface area contributed by atoms with Crippen molar-refractivity contribution in [1.29, 1.82) is 0 Å². The Morgan fingerprint density at radius 3 is 1.69 bits per heavy atom. The molecular weight excluding hydrogens is 955 g/mol. The van der Waals surface area contributed by atoms with E-state index in [4.69, 9.17) is 4.98 Å². The Labute approximate surface area is 395 Å². The molecule has 0 aliphatic carbocycles. The zero-order valence-electron chi connectivity index (χ0n) is 42.1. The van der Waals surface area contributed by atoms with Crippen molar-refractivity contribution in [3.63, 3.8) is 0 Å². The largest absolute Gasteiger partial charge is 0.512 e. The van der Waals surface area contributed by atoms with Gasteiger partial charge in [0, 0.05) is 64.7 Å². The first-order valence-corrected chi connectivity index (χ1v) is 24.2. The van der Waals surface area contributed by atoms with Crippen LogP contribution in [0, 0.1) is 51.9 Å². The molecule has 0 amide bonds. The first-order valence-electron chi connectivity index (χ1n) is 23.4. The fourth-order valence-corrected chi connectivity index (χ4v) is 11.2. The monoisotopic (exact) mass is 1040 g/mol. The van der Waals surface area contributed by atoms with Crippen LogP contribution in [0.25, 0.3) is 42.2 Å². The first kappa shape index (κ1) is 53.5. The van der Waals surface area contributed by atoms with Gasteiger partial charge in [0.2, 0.25) is 0 Å². The van der Waals surface area contributed by atoms with Gasteiger partial charge in [-0.25, -0.2) is 0 Å². The maximum absolute atomic E-state index is 11.7. The van der Waals surface area contributed by atoms with E-state index in [1.165, 1.54) is 42.8 Å². The summed E-state index contributed by atoms with van der Waals surface area (Å²) in [5, 5.41) is 14.8.